The van der Waals surface area contributed by atoms with Crippen LogP contribution in [-0.4, -0.2) is 19.1 Å². The standard InChI is InChI=1S/C30H31NO2/c1-5-29(21(4)20-22-12-8-10-14-26(22)29)30(27-15-11-9-13-25(27)28(32)33-30)23-16-18-24(19-17-23)31(6-2)7-3/h8-20H,5-7H2,1-4H3. The third-order valence-corrected chi connectivity index (χ3v) is 7.77. The van der Waals surface area contributed by atoms with Crippen molar-refractivity contribution in [1.82, 2.24) is 0 Å². The Labute approximate surface area is 196 Å². The maximum absolute atomic E-state index is 13.3. The molecule has 3 aromatic carbocycles. The van der Waals surface area contributed by atoms with Crippen molar-refractivity contribution < 1.29 is 9.53 Å². The first-order valence-corrected chi connectivity index (χ1v) is 12.0. The molecule has 33 heavy (non-hydrogen) atoms. The summed E-state index contributed by atoms with van der Waals surface area (Å²) in [5.41, 5.74) is 6.06. The Bertz CT molecular complexity index is 1240. The maximum atomic E-state index is 13.3. The predicted molar refractivity (Wildman–Crippen MR) is 135 cm³/mol. The lowest BCUT2D eigenvalue weighted by molar-refractivity contribution is -0.0225. The number of esters is 1. The van der Waals surface area contributed by atoms with E-state index in [-0.39, 0.29) is 5.97 Å². The molecule has 0 N–H and O–H groups in total. The van der Waals surface area contributed by atoms with Crippen LogP contribution in [0, 0.1) is 0 Å². The van der Waals surface area contributed by atoms with E-state index >= 15 is 0 Å². The summed E-state index contributed by atoms with van der Waals surface area (Å²) in [5, 5.41) is 0. The summed E-state index contributed by atoms with van der Waals surface area (Å²) in [6, 6.07) is 25.1. The Morgan fingerprint density at radius 1 is 0.818 bits per heavy atom. The Hall–Kier alpha value is -3.33. The number of fused-ring (bicyclic) bond motifs is 2. The van der Waals surface area contributed by atoms with Crippen molar-refractivity contribution in [2.24, 2.45) is 0 Å². The highest BCUT2D eigenvalue weighted by Crippen LogP contribution is 2.62. The van der Waals surface area contributed by atoms with E-state index in [2.05, 4.69) is 93.3 Å². The molecule has 0 radical (unpaired) electrons. The van der Waals surface area contributed by atoms with Gasteiger partial charge in [-0.25, -0.2) is 4.79 Å². The lowest BCUT2D eigenvalue weighted by atomic mass is 9.58. The second-order valence-electron chi connectivity index (χ2n) is 9.01. The molecule has 168 valence electrons. The zero-order valence-electron chi connectivity index (χ0n) is 19.9. The summed E-state index contributed by atoms with van der Waals surface area (Å²) in [6.45, 7) is 10.6. The van der Waals surface area contributed by atoms with Gasteiger partial charge in [-0.3, -0.25) is 0 Å². The van der Waals surface area contributed by atoms with Gasteiger partial charge in [-0.2, -0.15) is 0 Å². The number of anilines is 1. The van der Waals surface area contributed by atoms with Crippen LogP contribution < -0.4 is 4.90 Å². The molecule has 1 aliphatic carbocycles. The Morgan fingerprint density at radius 3 is 2.12 bits per heavy atom. The third-order valence-electron chi connectivity index (χ3n) is 7.77. The van der Waals surface area contributed by atoms with E-state index in [4.69, 9.17) is 4.74 Å². The average molecular weight is 438 g/mol. The number of cyclic esters (lactones) is 1. The summed E-state index contributed by atoms with van der Waals surface area (Å²) in [5.74, 6) is -0.247. The number of benzene rings is 3. The minimum Gasteiger partial charge on any atom is -0.444 e. The number of rotatable bonds is 6. The Morgan fingerprint density at radius 2 is 1.45 bits per heavy atom. The largest absolute Gasteiger partial charge is 0.444 e. The van der Waals surface area contributed by atoms with E-state index in [1.165, 1.54) is 22.4 Å². The molecule has 0 fully saturated rings. The smallest absolute Gasteiger partial charge is 0.339 e. The number of carbonyl (C=O) groups excluding carboxylic acids is 1. The SMILES string of the molecule is CCN(CC)c1ccc(C2(C3(CC)C(C)=Cc4ccccc43)OC(=O)c3ccccc32)cc1. The van der Waals surface area contributed by atoms with Crippen LogP contribution in [0.25, 0.3) is 6.08 Å². The van der Waals surface area contributed by atoms with Crippen molar-refractivity contribution >= 4 is 17.7 Å². The molecule has 1 heterocycles. The van der Waals surface area contributed by atoms with Crippen LogP contribution in [0.5, 0.6) is 0 Å². The zero-order valence-corrected chi connectivity index (χ0v) is 19.9. The minimum atomic E-state index is -0.926. The molecule has 2 atom stereocenters. The molecule has 0 saturated heterocycles. The van der Waals surface area contributed by atoms with Gasteiger partial charge >= 0.3 is 5.97 Å². The normalized spacial score (nSPS) is 23.0. The van der Waals surface area contributed by atoms with Crippen LogP contribution in [-0.2, 0) is 15.8 Å². The van der Waals surface area contributed by atoms with E-state index < -0.39 is 11.0 Å². The van der Waals surface area contributed by atoms with Crippen LogP contribution >= 0.6 is 0 Å². The molecule has 3 aromatic rings. The average Bonchev–Trinajstić information content (AvgIpc) is 3.32. The van der Waals surface area contributed by atoms with Gasteiger partial charge in [0, 0.05) is 29.9 Å². The first-order chi connectivity index (χ1) is 16.0. The van der Waals surface area contributed by atoms with E-state index in [0.29, 0.717) is 5.56 Å². The van der Waals surface area contributed by atoms with Crippen molar-refractivity contribution in [2.45, 2.75) is 45.1 Å². The van der Waals surface area contributed by atoms with Crippen LogP contribution in [0.3, 0.4) is 0 Å². The molecular weight excluding hydrogens is 406 g/mol. The van der Waals surface area contributed by atoms with Crippen LogP contribution in [0.4, 0.5) is 5.69 Å². The van der Waals surface area contributed by atoms with E-state index in [1.807, 2.05) is 18.2 Å². The lowest BCUT2D eigenvalue weighted by Gasteiger charge is -2.47. The van der Waals surface area contributed by atoms with Crippen molar-refractivity contribution in [3.8, 4) is 0 Å². The number of carbonyl (C=O) groups is 1. The third kappa shape index (κ3) is 2.78. The van der Waals surface area contributed by atoms with Crippen molar-refractivity contribution in [3.05, 3.63) is 106 Å². The lowest BCUT2D eigenvalue weighted by Crippen LogP contribution is -2.50. The molecule has 0 saturated carbocycles. The molecule has 0 spiro atoms. The van der Waals surface area contributed by atoms with Gasteiger partial charge in [-0.15, -0.1) is 0 Å². The molecule has 0 amide bonds. The first-order valence-electron chi connectivity index (χ1n) is 12.0. The van der Waals surface area contributed by atoms with E-state index in [9.17, 15) is 4.79 Å². The molecular formula is C30H31NO2. The van der Waals surface area contributed by atoms with Gasteiger partial charge in [-0.1, -0.05) is 73.2 Å². The van der Waals surface area contributed by atoms with Gasteiger partial charge in [0.15, 0.2) is 5.60 Å². The molecule has 2 unspecified atom stereocenters. The highest BCUT2D eigenvalue weighted by Gasteiger charge is 2.63. The summed E-state index contributed by atoms with van der Waals surface area (Å²) in [7, 11) is 0. The monoisotopic (exact) mass is 437 g/mol. The van der Waals surface area contributed by atoms with Crippen molar-refractivity contribution in [1.29, 1.82) is 0 Å². The number of hydrogen-bond donors (Lipinski definition) is 0. The summed E-state index contributed by atoms with van der Waals surface area (Å²) in [6.07, 6.45) is 3.07. The predicted octanol–water partition coefficient (Wildman–Crippen LogP) is 6.71. The zero-order chi connectivity index (χ0) is 23.2. The molecule has 3 nitrogen and oxygen atoms in total. The molecule has 0 aromatic heterocycles. The maximum Gasteiger partial charge on any atom is 0.339 e. The van der Waals surface area contributed by atoms with Crippen LogP contribution in [0.1, 0.15) is 66.7 Å². The first kappa shape index (κ1) is 21.5. The quantitative estimate of drug-likeness (QED) is 0.401. The fourth-order valence-corrected chi connectivity index (χ4v) is 6.26. The number of nitrogens with zero attached hydrogens (tertiary/aromatic N) is 1. The molecule has 0 bridgehead atoms. The van der Waals surface area contributed by atoms with E-state index in [0.717, 1.165) is 30.6 Å². The topological polar surface area (TPSA) is 29.5 Å². The molecule has 1 aliphatic heterocycles. The van der Waals surface area contributed by atoms with Crippen molar-refractivity contribution in [3.63, 3.8) is 0 Å². The van der Waals surface area contributed by atoms with Gasteiger partial charge < -0.3 is 9.64 Å². The van der Waals surface area contributed by atoms with Gasteiger partial charge in [0.1, 0.15) is 0 Å². The van der Waals surface area contributed by atoms with Crippen LogP contribution in [0.15, 0.2) is 78.4 Å². The van der Waals surface area contributed by atoms with Crippen molar-refractivity contribution in [2.75, 3.05) is 18.0 Å². The van der Waals surface area contributed by atoms with Crippen LogP contribution in [0.2, 0.25) is 0 Å². The fraction of sp³-hybridized carbons (Fsp3) is 0.300. The molecule has 5 rings (SSSR count). The number of hydrogen-bond acceptors (Lipinski definition) is 3. The van der Waals surface area contributed by atoms with E-state index in [1.54, 1.807) is 0 Å². The summed E-state index contributed by atoms with van der Waals surface area (Å²) < 4.78 is 6.57. The van der Waals surface area contributed by atoms with Gasteiger partial charge in [0.05, 0.1) is 11.0 Å². The summed E-state index contributed by atoms with van der Waals surface area (Å²) >= 11 is 0. The second kappa shape index (κ2) is 7.91. The van der Waals surface area contributed by atoms with Gasteiger partial charge in [0.25, 0.3) is 0 Å². The second-order valence-corrected chi connectivity index (χ2v) is 9.01. The minimum absolute atomic E-state index is 0.247. The Balaban J connectivity index is 1.82. The van der Waals surface area contributed by atoms with Gasteiger partial charge in [-0.05, 0) is 56.5 Å². The highest BCUT2D eigenvalue weighted by molar-refractivity contribution is 5.96. The molecule has 3 heteroatoms. The highest BCUT2D eigenvalue weighted by atomic mass is 16.6. The molecule has 2 aliphatic rings. The summed E-state index contributed by atoms with van der Waals surface area (Å²) in [4.78, 5) is 15.6. The van der Waals surface area contributed by atoms with Gasteiger partial charge in [0.2, 0.25) is 0 Å². The fourth-order valence-electron chi connectivity index (χ4n) is 6.26. The number of ether oxygens (including phenoxy) is 1. The Kier molecular flexibility index (Phi) is 5.16.